The standard InChI is InChI=1S/C24H39N5O.HI/c1-4-25-24(27-15-23(30)29-11-5-6-12-29)26-14-21-7-9-22(10-8-21)18-28-16-19(2)13-20(3)17-28;/h7-10,19-20H,4-6,11-18H2,1-3H3,(H2,25,26,27);1H. The summed E-state index contributed by atoms with van der Waals surface area (Å²) in [6.45, 7) is 13.6. The molecule has 1 aromatic carbocycles. The third-order valence-electron chi connectivity index (χ3n) is 6.00. The molecular formula is C24H40IN5O. The summed E-state index contributed by atoms with van der Waals surface area (Å²) in [7, 11) is 0. The summed E-state index contributed by atoms with van der Waals surface area (Å²) in [4.78, 5) is 21.4. The summed E-state index contributed by atoms with van der Waals surface area (Å²) in [5.74, 6) is 2.43. The zero-order valence-electron chi connectivity index (χ0n) is 19.4. The van der Waals surface area contributed by atoms with Crippen LogP contribution in [-0.2, 0) is 17.9 Å². The van der Waals surface area contributed by atoms with Crippen LogP contribution >= 0.6 is 24.0 Å². The molecule has 0 aliphatic carbocycles. The highest BCUT2D eigenvalue weighted by atomic mass is 127. The van der Waals surface area contributed by atoms with Gasteiger partial charge in [-0.1, -0.05) is 38.1 Å². The van der Waals surface area contributed by atoms with E-state index in [0.717, 1.165) is 50.9 Å². The number of benzene rings is 1. The lowest BCUT2D eigenvalue weighted by atomic mass is 9.91. The second-order valence-electron chi connectivity index (χ2n) is 9.09. The Balaban J connectivity index is 0.00000341. The van der Waals surface area contributed by atoms with Crippen LogP contribution in [0.2, 0.25) is 0 Å². The van der Waals surface area contributed by atoms with Crippen molar-refractivity contribution in [2.45, 2.75) is 53.1 Å². The molecule has 31 heavy (non-hydrogen) atoms. The van der Waals surface area contributed by atoms with E-state index in [-0.39, 0.29) is 29.9 Å². The minimum absolute atomic E-state index is 0. The van der Waals surface area contributed by atoms with Crippen molar-refractivity contribution in [3.63, 3.8) is 0 Å². The quantitative estimate of drug-likeness (QED) is 0.316. The molecule has 0 radical (unpaired) electrons. The van der Waals surface area contributed by atoms with Crippen molar-refractivity contribution in [2.75, 3.05) is 39.3 Å². The number of guanidine groups is 1. The van der Waals surface area contributed by atoms with E-state index in [1.807, 2.05) is 11.8 Å². The summed E-state index contributed by atoms with van der Waals surface area (Å²) in [5, 5.41) is 6.42. The molecule has 2 aliphatic heterocycles. The van der Waals surface area contributed by atoms with Crippen molar-refractivity contribution >= 4 is 35.8 Å². The van der Waals surface area contributed by atoms with Crippen LogP contribution in [-0.4, -0.2) is 60.9 Å². The van der Waals surface area contributed by atoms with Crippen molar-refractivity contribution in [3.8, 4) is 0 Å². The maximum atomic E-state index is 12.2. The van der Waals surface area contributed by atoms with Gasteiger partial charge in [-0.05, 0) is 49.1 Å². The highest BCUT2D eigenvalue weighted by molar-refractivity contribution is 14.0. The molecule has 0 spiro atoms. The van der Waals surface area contributed by atoms with Crippen LogP contribution in [0.15, 0.2) is 29.3 Å². The fraction of sp³-hybridized carbons (Fsp3) is 0.667. The van der Waals surface area contributed by atoms with Crippen LogP contribution in [0.25, 0.3) is 0 Å². The lowest BCUT2D eigenvalue weighted by Gasteiger charge is -2.35. The zero-order valence-corrected chi connectivity index (χ0v) is 21.7. The van der Waals surface area contributed by atoms with E-state index in [9.17, 15) is 4.79 Å². The molecule has 2 unspecified atom stereocenters. The molecule has 174 valence electrons. The third-order valence-corrected chi connectivity index (χ3v) is 6.00. The first kappa shape index (κ1) is 25.9. The van der Waals surface area contributed by atoms with Crippen LogP contribution in [0.5, 0.6) is 0 Å². The molecule has 2 heterocycles. The Morgan fingerprint density at radius 2 is 1.65 bits per heavy atom. The Hall–Kier alpha value is -1.35. The highest BCUT2D eigenvalue weighted by Gasteiger charge is 2.21. The molecule has 2 N–H and O–H groups in total. The number of carbonyl (C=O) groups is 1. The predicted octanol–water partition coefficient (Wildman–Crippen LogP) is 3.46. The Bertz CT molecular complexity index is 692. The predicted molar refractivity (Wildman–Crippen MR) is 139 cm³/mol. The minimum Gasteiger partial charge on any atom is -0.357 e. The van der Waals surface area contributed by atoms with Gasteiger partial charge in [0.2, 0.25) is 5.91 Å². The van der Waals surface area contributed by atoms with Crippen LogP contribution in [0, 0.1) is 11.8 Å². The zero-order chi connectivity index (χ0) is 21.3. The second kappa shape index (κ2) is 13.3. The first-order valence-electron chi connectivity index (χ1n) is 11.6. The van der Waals surface area contributed by atoms with Crippen LogP contribution in [0.4, 0.5) is 0 Å². The molecule has 0 aromatic heterocycles. The van der Waals surface area contributed by atoms with Gasteiger partial charge in [0.15, 0.2) is 5.96 Å². The molecule has 2 aliphatic rings. The number of aliphatic imine (C=N–C) groups is 1. The average Bonchev–Trinajstić information content (AvgIpc) is 3.25. The monoisotopic (exact) mass is 541 g/mol. The fourth-order valence-electron chi connectivity index (χ4n) is 4.68. The van der Waals surface area contributed by atoms with Gasteiger partial charge in [0.25, 0.3) is 0 Å². The number of amides is 1. The summed E-state index contributed by atoms with van der Waals surface area (Å²) >= 11 is 0. The fourth-order valence-corrected chi connectivity index (χ4v) is 4.68. The molecule has 1 amide bonds. The van der Waals surface area contributed by atoms with E-state index >= 15 is 0 Å². The lowest BCUT2D eigenvalue weighted by molar-refractivity contribution is -0.128. The van der Waals surface area contributed by atoms with Crippen molar-refractivity contribution in [1.29, 1.82) is 0 Å². The lowest BCUT2D eigenvalue weighted by Crippen LogP contribution is -2.44. The molecule has 1 aromatic rings. The largest absolute Gasteiger partial charge is 0.357 e. The summed E-state index contributed by atoms with van der Waals surface area (Å²) in [5.41, 5.74) is 2.55. The summed E-state index contributed by atoms with van der Waals surface area (Å²) < 4.78 is 0. The van der Waals surface area contributed by atoms with E-state index < -0.39 is 0 Å². The van der Waals surface area contributed by atoms with Crippen molar-refractivity contribution in [1.82, 2.24) is 20.4 Å². The molecule has 2 atom stereocenters. The van der Waals surface area contributed by atoms with Crippen LogP contribution in [0.1, 0.15) is 51.2 Å². The maximum Gasteiger partial charge on any atom is 0.241 e. The van der Waals surface area contributed by atoms with Gasteiger partial charge >= 0.3 is 0 Å². The third kappa shape index (κ3) is 8.60. The molecule has 7 heteroatoms. The second-order valence-corrected chi connectivity index (χ2v) is 9.09. The van der Waals surface area contributed by atoms with Gasteiger partial charge in [-0.15, -0.1) is 24.0 Å². The van der Waals surface area contributed by atoms with Crippen molar-refractivity contribution in [3.05, 3.63) is 35.4 Å². The Labute approximate surface area is 205 Å². The molecule has 0 bridgehead atoms. The number of halogens is 1. The number of nitrogens with one attached hydrogen (secondary N) is 2. The Kier molecular flexibility index (Phi) is 11.1. The van der Waals surface area contributed by atoms with Gasteiger partial charge in [-0.25, -0.2) is 4.99 Å². The van der Waals surface area contributed by atoms with E-state index in [1.54, 1.807) is 0 Å². The number of carbonyl (C=O) groups excluding carboxylic acids is 1. The first-order valence-corrected chi connectivity index (χ1v) is 11.6. The van der Waals surface area contributed by atoms with Gasteiger partial charge in [-0.2, -0.15) is 0 Å². The van der Waals surface area contributed by atoms with Gasteiger partial charge in [0.05, 0.1) is 13.1 Å². The first-order chi connectivity index (χ1) is 14.5. The van der Waals surface area contributed by atoms with Crippen LogP contribution in [0.3, 0.4) is 0 Å². The number of rotatable bonds is 7. The number of hydrogen-bond acceptors (Lipinski definition) is 3. The van der Waals surface area contributed by atoms with Gasteiger partial charge < -0.3 is 15.5 Å². The number of nitrogens with zero attached hydrogens (tertiary/aromatic N) is 3. The number of piperidine rings is 1. The molecule has 0 saturated carbocycles. The Morgan fingerprint density at radius 1 is 1.03 bits per heavy atom. The normalized spacial score (nSPS) is 22.2. The number of likely N-dealkylation sites (tertiary alicyclic amines) is 2. The average molecular weight is 542 g/mol. The van der Waals surface area contributed by atoms with Gasteiger partial charge in [0, 0.05) is 39.3 Å². The molecule has 2 saturated heterocycles. The highest BCUT2D eigenvalue weighted by Crippen LogP contribution is 2.22. The summed E-state index contributed by atoms with van der Waals surface area (Å²) in [6.07, 6.45) is 3.58. The maximum absolute atomic E-state index is 12.2. The van der Waals surface area contributed by atoms with Crippen LogP contribution < -0.4 is 10.6 Å². The van der Waals surface area contributed by atoms with Crippen molar-refractivity contribution < 1.29 is 4.79 Å². The molecule has 2 fully saturated rings. The molecule has 3 rings (SSSR count). The van der Waals surface area contributed by atoms with Gasteiger partial charge in [0.1, 0.15) is 0 Å². The molecule has 6 nitrogen and oxygen atoms in total. The molecular weight excluding hydrogens is 501 g/mol. The smallest absolute Gasteiger partial charge is 0.241 e. The van der Waals surface area contributed by atoms with E-state index in [0.29, 0.717) is 19.0 Å². The minimum atomic E-state index is 0. The van der Waals surface area contributed by atoms with E-state index in [4.69, 9.17) is 0 Å². The topological polar surface area (TPSA) is 60.0 Å². The van der Waals surface area contributed by atoms with Gasteiger partial charge in [-0.3, -0.25) is 9.69 Å². The SMILES string of the molecule is CCNC(=NCc1ccc(CN2CC(C)CC(C)C2)cc1)NCC(=O)N1CCCC1.I. The van der Waals surface area contributed by atoms with E-state index in [2.05, 4.69) is 58.6 Å². The summed E-state index contributed by atoms with van der Waals surface area (Å²) in [6, 6.07) is 8.81. The van der Waals surface area contributed by atoms with E-state index in [1.165, 1.54) is 30.6 Å². The van der Waals surface area contributed by atoms with Crippen molar-refractivity contribution in [2.24, 2.45) is 16.8 Å². The Morgan fingerprint density at radius 3 is 2.26 bits per heavy atom. The number of hydrogen-bond donors (Lipinski definition) is 2.